The van der Waals surface area contributed by atoms with Gasteiger partial charge in [0.25, 0.3) is 0 Å². The predicted octanol–water partition coefficient (Wildman–Crippen LogP) is 2.64. The minimum atomic E-state index is -1.02. The molecule has 0 heterocycles. The smallest absolute Gasteiger partial charge is 0.314 e. The Hall–Kier alpha value is -1.80. The van der Waals surface area contributed by atoms with Crippen LogP contribution >= 0.6 is 0 Å². The van der Waals surface area contributed by atoms with Crippen LogP contribution in [0.5, 0.6) is 0 Å². The molecule has 0 aromatic carbocycles. The molecule has 0 aromatic heterocycles. The van der Waals surface area contributed by atoms with Crippen molar-refractivity contribution < 1.29 is 39.6 Å². The van der Waals surface area contributed by atoms with Gasteiger partial charge in [-0.15, -0.1) is 0 Å². The SMILES string of the molecule is CC(C)CO.CC(C)CO.CCC(C(C)=O)C(=O)O.CCC(C(C)=O)C(=O)O. The fourth-order valence-corrected chi connectivity index (χ4v) is 1.27. The highest BCUT2D eigenvalue weighted by molar-refractivity contribution is 5.97. The van der Waals surface area contributed by atoms with Gasteiger partial charge in [0.1, 0.15) is 23.4 Å². The van der Waals surface area contributed by atoms with Crippen LogP contribution in [0.3, 0.4) is 0 Å². The fourth-order valence-electron chi connectivity index (χ4n) is 1.27. The summed E-state index contributed by atoms with van der Waals surface area (Å²) in [7, 11) is 0. The predicted molar refractivity (Wildman–Crippen MR) is 108 cm³/mol. The van der Waals surface area contributed by atoms with E-state index < -0.39 is 23.8 Å². The lowest BCUT2D eigenvalue weighted by Crippen LogP contribution is -2.19. The Balaban J connectivity index is -0.000000143. The molecule has 2 atom stereocenters. The Labute approximate surface area is 169 Å². The van der Waals surface area contributed by atoms with E-state index in [9.17, 15) is 19.2 Å². The topological polar surface area (TPSA) is 149 Å². The van der Waals surface area contributed by atoms with E-state index in [1.807, 2.05) is 27.7 Å². The lowest BCUT2D eigenvalue weighted by atomic mass is 10.0. The van der Waals surface area contributed by atoms with Gasteiger partial charge in [-0.3, -0.25) is 19.2 Å². The summed E-state index contributed by atoms with van der Waals surface area (Å²) in [4.78, 5) is 41.2. The summed E-state index contributed by atoms with van der Waals surface area (Å²) in [5.41, 5.74) is 0. The molecule has 0 aliphatic heterocycles. The lowest BCUT2D eigenvalue weighted by Gasteiger charge is -2.01. The zero-order valence-corrected chi connectivity index (χ0v) is 18.6. The summed E-state index contributed by atoms with van der Waals surface area (Å²) in [5.74, 6) is -3.31. The van der Waals surface area contributed by atoms with E-state index in [0.29, 0.717) is 37.9 Å². The molecule has 8 nitrogen and oxygen atoms in total. The van der Waals surface area contributed by atoms with Crippen molar-refractivity contribution in [3.63, 3.8) is 0 Å². The molecule has 0 radical (unpaired) electrons. The molecule has 0 aromatic rings. The van der Waals surface area contributed by atoms with Crippen molar-refractivity contribution in [3.8, 4) is 0 Å². The van der Waals surface area contributed by atoms with E-state index in [1.165, 1.54) is 13.8 Å². The first kappa shape index (κ1) is 33.8. The second kappa shape index (κ2) is 21.5. The van der Waals surface area contributed by atoms with Crippen LogP contribution in [0.1, 0.15) is 68.2 Å². The second-order valence-electron chi connectivity index (χ2n) is 6.97. The Morgan fingerprint density at radius 1 is 0.643 bits per heavy atom. The third-order valence-electron chi connectivity index (χ3n) is 3.12. The van der Waals surface area contributed by atoms with Crippen LogP contribution in [0, 0.1) is 23.7 Å². The van der Waals surface area contributed by atoms with Crippen molar-refractivity contribution in [1.29, 1.82) is 0 Å². The Bertz CT molecular complexity index is 362. The monoisotopic (exact) mass is 408 g/mol. The summed E-state index contributed by atoms with van der Waals surface area (Å²) < 4.78 is 0. The van der Waals surface area contributed by atoms with Gasteiger partial charge in [0.15, 0.2) is 0 Å². The molecule has 0 spiro atoms. The maximum absolute atomic E-state index is 10.4. The van der Waals surface area contributed by atoms with Gasteiger partial charge in [-0.2, -0.15) is 0 Å². The van der Waals surface area contributed by atoms with Crippen molar-refractivity contribution in [1.82, 2.24) is 0 Å². The first-order chi connectivity index (χ1) is 12.7. The highest BCUT2D eigenvalue weighted by Crippen LogP contribution is 2.03. The highest BCUT2D eigenvalue weighted by Gasteiger charge is 2.19. The van der Waals surface area contributed by atoms with Gasteiger partial charge in [0.05, 0.1) is 0 Å². The number of hydrogen-bond acceptors (Lipinski definition) is 6. The van der Waals surface area contributed by atoms with E-state index in [-0.39, 0.29) is 11.6 Å². The van der Waals surface area contributed by atoms with Crippen LogP contribution in [0.25, 0.3) is 0 Å². The lowest BCUT2D eigenvalue weighted by molar-refractivity contribution is -0.147. The molecule has 0 bridgehead atoms. The molecule has 28 heavy (non-hydrogen) atoms. The zero-order chi connectivity index (χ0) is 23.4. The van der Waals surface area contributed by atoms with E-state index in [1.54, 1.807) is 13.8 Å². The van der Waals surface area contributed by atoms with Crippen LogP contribution in [0.2, 0.25) is 0 Å². The van der Waals surface area contributed by atoms with Gasteiger partial charge >= 0.3 is 11.9 Å². The number of ketones is 2. The van der Waals surface area contributed by atoms with Crippen LogP contribution in [-0.4, -0.2) is 57.1 Å². The van der Waals surface area contributed by atoms with Gasteiger partial charge < -0.3 is 20.4 Å². The maximum atomic E-state index is 10.4. The van der Waals surface area contributed by atoms with E-state index >= 15 is 0 Å². The second-order valence-corrected chi connectivity index (χ2v) is 6.97. The molecule has 0 aliphatic carbocycles. The molecule has 0 rings (SSSR count). The molecular weight excluding hydrogens is 368 g/mol. The van der Waals surface area contributed by atoms with Crippen molar-refractivity contribution in [3.05, 3.63) is 0 Å². The number of aliphatic carboxylic acids is 2. The van der Waals surface area contributed by atoms with E-state index in [0.717, 1.165) is 0 Å². The first-order valence-electron chi connectivity index (χ1n) is 9.41. The summed E-state index contributed by atoms with van der Waals surface area (Å²) in [6.45, 7) is 14.4. The number of hydrogen-bond donors (Lipinski definition) is 4. The van der Waals surface area contributed by atoms with E-state index in [2.05, 4.69) is 0 Å². The van der Waals surface area contributed by atoms with Crippen molar-refractivity contribution in [2.75, 3.05) is 13.2 Å². The van der Waals surface area contributed by atoms with Crippen LogP contribution < -0.4 is 0 Å². The maximum Gasteiger partial charge on any atom is 0.314 e. The quantitative estimate of drug-likeness (QED) is 0.448. The number of aliphatic hydroxyl groups is 2. The van der Waals surface area contributed by atoms with Crippen molar-refractivity contribution in [2.24, 2.45) is 23.7 Å². The number of Topliss-reactive ketones (excluding diaryl/α,β-unsaturated/α-hetero) is 2. The van der Waals surface area contributed by atoms with Gasteiger partial charge in [-0.1, -0.05) is 41.5 Å². The highest BCUT2D eigenvalue weighted by atomic mass is 16.4. The number of carboxylic acid groups (broad SMARTS) is 2. The molecule has 0 saturated heterocycles. The Morgan fingerprint density at radius 2 is 0.821 bits per heavy atom. The van der Waals surface area contributed by atoms with Crippen molar-refractivity contribution in [2.45, 2.75) is 68.2 Å². The number of carboxylic acids is 2. The minimum Gasteiger partial charge on any atom is -0.481 e. The number of carbonyl (C=O) groups is 4. The molecule has 8 heteroatoms. The van der Waals surface area contributed by atoms with Gasteiger partial charge in [0.2, 0.25) is 0 Å². The molecule has 0 saturated carbocycles. The number of aliphatic hydroxyl groups excluding tert-OH is 2. The Morgan fingerprint density at radius 3 is 0.821 bits per heavy atom. The average Bonchev–Trinajstić information content (AvgIpc) is 2.56. The molecule has 4 N–H and O–H groups in total. The summed E-state index contributed by atoms with van der Waals surface area (Å²) in [6, 6.07) is 0. The summed E-state index contributed by atoms with van der Waals surface area (Å²) in [5, 5.41) is 32.9. The van der Waals surface area contributed by atoms with Crippen LogP contribution in [-0.2, 0) is 19.2 Å². The first-order valence-corrected chi connectivity index (χ1v) is 9.41. The molecule has 0 amide bonds. The van der Waals surface area contributed by atoms with Crippen LogP contribution in [0.4, 0.5) is 0 Å². The summed E-state index contributed by atoms with van der Waals surface area (Å²) >= 11 is 0. The molecule has 0 aliphatic rings. The minimum absolute atomic E-state index is 0.273. The number of carbonyl (C=O) groups excluding carboxylic acids is 2. The zero-order valence-electron chi connectivity index (χ0n) is 18.6. The van der Waals surface area contributed by atoms with Gasteiger partial charge in [-0.25, -0.2) is 0 Å². The standard InChI is InChI=1S/2C6H10O3.2C4H10O/c2*1-3-5(4(2)7)6(8)9;2*1-4(2)3-5/h2*5H,3H2,1-2H3,(H,8,9);2*4-5H,3H2,1-2H3. The van der Waals surface area contributed by atoms with E-state index in [4.69, 9.17) is 20.4 Å². The largest absolute Gasteiger partial charge is 0.481 e. The third kappa shape index (κ3) is 26.4. The average molecular weight is 409 g/mol. The van der Waals surface area contributed by atoms with Gasteiger partial charge in [-0.05, 0) is 38.5 Å². The normalized spacial score (nSPS) is 11.6. The molecular formula is C20H40O8. The number of rotatable bonds is 8. The van der Waals surface area contributed by atoms with Gasteiger partial charge in [0, 0.05) is 13.2 Å². The Kier molecular flexibility index (Phi) is 25.9. The fraction of sp³-hybridized carbons (Fsp3) is 0.800. The third-order valence-corrected chi connectivity index (χ3v) is 3.12. The molecule has 2 unspecified atom stereocenters. The summed E-state index contributed by atoms with van der Waals surface area (Å²) in [6.07, 6.45) is 0.759. The molecule has 168 valence electrons. The molecule has 0 fully saturated rings. The van der Waals surface area contributed by atoms with Crippen molar-refractivity contribution >= 4 is 23.5 Å². The van der Waals surface area contributed by atoms with Crippen LogP contribution in [0.15, 0.2) is 0 Å².